The Morgan fingerprint density at radius 3 is 1.25 bits per heavy atom. The quantitative estimate of drug-likeness (QED) is 0.369. The maximum Gasteiger partial charge on any atom is 0.152 e. The summed E-state index contributed by atoms with van der Waals surface area (Å²) in [6.07, 6.45) is 0. The van der Waals surface area contributed by atoms with Crippen LogP contribution in [0, 0.1) is 0 Å². The van der Waals surface area contributed by atoms with E-state index in [0.29, 0.717) is 0 Å². The minimum atomic E-state index is -0.250. The monoisotopic (exact) mass is 124 g/mol. The zero-order valence-corrected chi connectivity index (χ0v) is 3.42. The van der Waals surface area contributed by atoms with Gasteiger partial charge in [0.25, 0.3) is 0 Å². The van der Waals surface area contributed by atoms with Crippen LogP contribution in [0.3, 0.4) is 0 Å². The smallest absolute Gasteiger partial charge is 0.152 e. The van der Waals surface area contributed by atoms with Crippen molar-refractivity contribution in [3.8, 4) is 0 Å². The fourth-order valence-electron chi connectivity index (χ4n) is 0. The summed E-state index contributed by atoms with van der Waals surface area (Å²) in [6, 6.07) is 0. The van der Waals surface area contributed by atoms with Gasteiger partial charge in [-0.15, -0.1) is 0 Å². The van der Waals surface area contributed by atoms with Crippen LogP contribution in [0.1, 0.15) is 0 Å². The molecule has 0 aromatic carbocycles. The van der Waals surface area contributed by atoms with Gasteiger partial charge in [-0.3, -0.25) is 0 Å². The fraction of sp³-hybridized carbons (Fsp3) is 0. The maximum atomic E-state index is 7.04. The third-order valence-electron chi connectivity index (χ3n) is 0. The van der Waals surface area contributed by atoms with Crippen molar-refractivity contribution in [2.45, 2.75) is 0 Å². The predicted molar refractivity (Wildman–Crippen MR) is 12.8 cm³/mol. The molecule has 30 valence electrons. The molecule has 0 aliphatic heterocycles. The summed E-state index contributed by atoms with van der Waals surface area (Å²) in [6.45, 7) is 0. The molecule has 0 radical (unpaired) electrons. The van der Waals surface area contributed by atoms with Gasteiger partial charge in [0, 0.05) is 16.5 Å². The second-order valence-corrected chi connectivity index (χ2v) is 0.245. The predicted octanol–water partition coefficient (Wildman–Crippen LogP) is 0.663. The molecular weight excluding hydrogens is 123 g/mol. The van der Waals surface area contributed by atoms with Crippen molar-refractivity contribution in [2.24, 2.45) is 0 Å². The Kier molecular flexibility index (Phi) is 20.4. The SMILES string of the molecule is OSO.[Ni]. The summed E-state index contributed by atoms with van der Waals surface area (Å²) in [5.74, 6) is 0. The van der Waals surface area contributed by atoms with E-state index >= 15 is 0 Å². The first-order valence-electron chi connectivity index (χ1n) is 0.365. The van der Waals surface area contributed by atoms with E-state index in [9.17, 15) is 0 Å². The van der Waals surface area contributed by atoms with Crippen LogP contribution in [0.15, 0.2) is 0 Å². The second-order valence-electron chi connectivity index (χ2n) is 0.0816. The first-order valence-corrected chi connectivity index (χ1v) is 1.10. The van der Waals surface area contributed by atoms with Crippen LogP contribution in [0.2, 0.25) is 0 Å². The first-order chi connectivity index (χ1) is 1.41. The minimum absolute atomic E-state index is 0. The number of rotatable bonds is 0. The van der Waals surface area contributed by atoms with E-state index in [0.717, 1.165) is 0 Å². The normalized spacial score (nSPS) is 4.50. The van der Waals surface area contributed by atoms with Crippen LogP contribution >= 0.6 is 12.3 Å². The molecule has 0 saturated heterocycles. The van der Waals surface area contributed by atoms with E-state index in [1.165, 1.54) is 0 Å². The molecule has 2 nitrogen and oxygen atoms in total. The molecule has 0 aromatic rings. The van der Waals surface area contributed by atoms with Gasteiger partial charge in [0.2, 0.25) is 0 Å². The van der Waals surface area contributed by atoms with Crippen molar-refractivity contribution in [2.75, 3.05) is 0 Å². The summed E-state index contributed by atoms with van der Waals surface area (Å²) >= 11 is -0.250. The van der Waals surface area contributed by atoms with E-state index in [-0.39, 0.29) is 28.8 Å². The average Bonchev–Trinajstić information content (AvgIpc) is 0.918. The number of hydrogen-bond donors (Lipinski definition) is 2. The maximum absolute atomic E-state index is 7.04. The van der Waals surface area contributed by atoms with Crippen molar-refractivity contribution in [3.05, 3.63) is 0 Å². The molecule has 0 amide bonds. The topological polar surface area (TPSA) is 40.5 Å². The Morgan fingerprint density at radius 1 is 1.25 bits per heavy atom. The largest absolute Gasteiger partial charge is 0.307 e. The van der Waals surface area contributed by atoms with Crippen molar-refractivity contribution in [3.63, 3.8) is 0 Å². The molecule has 0 aromatic heterocycles. The minimum Gasteiger partial charge on any atom is -0.307 e. The van der Waals surface area contributed by atoms with Crippen LogP contribution in [-0.2, 0) is 16.5 Å². The van der Waals surface area contributed by atoms with Crippen LogP contribution in [0.5, 0.6) is 0 Å². The summed E-state index contributed by atoms with van der Waals surface area (Å²) in [7, 11) is 0. The second kappa shape index (κ2) is 9.24. The molecule has 0 unspecified atom stereocenters. The van der Waals surface area contributed by atoms with Crippen molar-refractivity contribution in [1.82, 2.24) is 0 Å². The van der Waals surface area contributed by atoms with Crippen molar-refractivity contribution >= 4 is 12.3 Å². The van der Waals surface area contributed by atoms with Crippen molar-refractivity contribution < 1.29 is 25.6 Å². The van der Waals surface area contributed by atoms with Crippen LogP contribution in [0.25, 0.3) is 0 Å². The molecule has 0 heterocycles. The van der Waals surface area contributed by atoms with Gasteiger partial charge in [-0.1, -0.05) is 0 Å². The Balaban J connectivity index is 0. The summed E-state index contributed by atoms with van der Waals surface area (Å²) in [5.41, 5.74) is 0. The van der Waals surface area contributed by atoms with E-state index < -0.39 is 0 Å². The Hall–Kier alpha value is 0.764. The van der Waals surface area contributed by atoms with Gasteiger partial charge in [-0.05, 0) is 0 Å². The van der Waals surface area contributed by atoms with Crippen LogP contribution in [-0.4, -0.2) is 9.11 Å². The molecule has 0 aliphatic carbocycles. The molecular formula is H2NiO2S. The van der Waals surface area contributed by atoms with E-state index in [1.807, 2.05) is 0 Å². The van der Waals surface area contributed by atoms with Gasteiger partial charge in [0.1, 0.15) is 0 Å². The van der Waals surface area contributed by atoms with E-state index in [2.05, 4.69) is 0 Å². The molecule has 0 atom stereocenters. The first kappa shape index (κ1) is 8.83. The van der Waals surface area contributed by atoms with Gasteiger partial charge >= 0.3 is 0 Å². The Bertz CT molecular complexity index is 6.00. The van der Waals surface area contributed by atoms with Gasteiger partial charge in [-0.2, -0.15) is 0 Å². The summed E-state index contributed by atoms with van der Waals surface area (Å²) in [4.78, 5) is 0. The summed E-state index contributed by atoms with van der Waals surface area (Å²) in [5, 5.41) is 0. The average molecular weight is 125 g/mol. The van der Waals surface area contributed by atoms with Gasteiger partial charge in [0.15, 0.2) is 12.3 Å². The molecule has 0 fully saturated rings. The molecule has 0 rings (SSSR count). The van der Waals surface area contributed by atoms with E-state index in [4.69, 9.17) is 9.11 Å². The van der Waals surface area contributed by atoms with Gasteiger partial charge < -0.3 is 9.11 Å². The van der Waals surface area contributed by atoms with Crippen LogP contribution < -0.4 is 0 Å². The zero-order valence-electron chi connectivity index (χ0n) is 1.62. The molecule has 4 heavy (non-hydrogen) atoms. The van der Waals surface area contributed by atoms with Crippen LogP contribution in [0.4, 0.5) is 0 Å². The third-order valence-corrected chi connectivity index (χ3v) is 0. The molecule has 0 aliphatic rings. The van der Waals surface area contributed by atoms with Gasteiger partial charge in [0.05, 0.1) is 0 Å². The molecule has 0 bridgehead atoms. The molecule has 0 saturated carbocycles. The Morgan fingerprint density at radius 2 is 1.25 bits per heavy atom. The molecule has 2 N–H and O–H groups in total. The molecule has 4 heteroatoms. The molecule has 0 spiro atoms. The Labute approximate surface area is 38.6 Å². The van der Waals surface area contributed by atoms with Gasteiger partial charge in [-0.25, -0.2) is 0 Å². The van der Waals surface area contributed by atoms with E-state index in [1.54, 1.807) is 0 Å². The summed E-state index contributed by atoms with van der Waals surface area (Å²) < 4.78 is 14.1. The zero-order chi connectivity index (χ0) is 2.71. The number of hydrogen-bond acceptors (Lipinski definition) is 3. The standard InChI is InChI=1S/Ni.H2O2S/c;1-3-2/h;1-2H. The third kappa shape index (κ3) is 14.7. The van der Waals surface area contributed by atoms with Crippen molar-refractivity contribution in [1.29, 1.82) is 0 Å². The fourth-order valence-corrected chi connectivity index (χ4v) is 0.